The first kappa shape index (κ1) is 13.8. The fraction of sp³-hybridized carbons (Fsp3) is 0.333. The van der Waals surface area contributed by atoms with Gasteiger partial charge in [-0.1, -0.05) is 38.1 Å². The summed E-state index contributed by atoms with van der Waals surface area (Å²) in [5.41, 5.74) is 1.59. The van der Waals surface area contributed by atoms with Crippen LogP contribution in [0, 0.1) is 5.92 Å². The molecule has 110 valence electrons. The highest BCUT2D eigenvalue weighted by Crippen LogP contribution is 2.42. The molecule has 0 saturated carbocycles. The molecule has 21 heavy (non-hydrogen) atoms. The monoisotopic (exact) mass is 284 g/mol. The average molecular weight is 284 g/mol. The maximum Gasteiger partial charge on any atom is 0.127 e. The molecule has 0 aromatic heterocycles. The molecular formula is C18H20O3. The Balaban J connectivity index is 2.02. The van der Waals surface area contributed by atoms with Crippen molar-refractivity contribution in [2.75, 3.05) is 6.61 Å². The minimum absolute atomic E-state index is 0.261. The zero-order valence-electron chi connectivity index (χ0n) is 12.4. The third-order valence-electron chi connectivity index (χ3n) is 3.86. The third kappa shape index (κ3) is 2.44. The second-order valence-electron chi connectivity index (χ2n) is 5.96. The highest BCUT2D eigenvalue weighted by Gasteiger charge is 2.22. The Bertz CT molecular complexity index is 714. The Morgan fingerprint density at radius 2 is 1.67 bits per heavy atom. The number of ether oxygens (including phenoxy) is 1. The molecule has 0 atom stereocenters. The van der Waals surface area contributed by atoms with Crippen molar-refractivity contribution in [3.63, 3.8) is 0 Å². The van der Waals surface area contributed by atoms with Gasteiger partial charge in [0, 0.05) is 28.3 Å². The van der Waals surface area contributed by atoms with Crippen molar-refractivity contribution < 1.29 is 14.9 Å². The zero-order valence-corrected chi connectivity index (χ0v) is 12.4. The average Bonchev–Trinajstić information content (AvgIpc) is 2.50. The van der Waals surface area contributed by atoms with Gasteiger partial charge in [0.2, 0.25) is 0 Å². The van der Waals surface area contributed by atoms with E-state index in [-0.39, 0.29) is 11.5 Å². The summed E-state index contributed by atoms with van der Waals surface area (Å²) in [6.07, 6.45) is 3.12. The van der Waals surface area contributed by atoms with Crippen molar-refractivity contribution >= 4 is 10.8 Å². The Morgan fingerprint density at radius 3 is 2.29 bits per heavy atom. The highest BCUT2D eigenvalue weighted by atomic mass is 16.5. The predicted molar refractivity (Wildman–Crippen MR) is 83.6 cm³/mol. The summed E-state index contributed by atoms with van der Waals surface area (Å²) in [7, 11) is 0. The fourth-order valence-electron chi connectivity index (χ4n) is 2.76. The van der Waals surface area contributed by atoms with Gasteiger partial charge in [-0.2, -0.15) is 0 Å². The van der Waals surface area contributed by atoms with Crippen molar-refractivity contribution in [3.8, 4) is 11.5 Å². The van der Waals surface area contributed by atoms with E-state index in [4.69, 9.17) is 4.74 Å². The van der Waals surface area contributed by atoms with E-state index >= 15 is 0 Å². The fourth-order valence-corrected chi connectivity index (χ4v) is 2.76. The van der Waals surface area contributed by atoms with Crippen LogP contribution in [-0.4, -0.2) is 16.8 Å². The molecule has 0 bridgehead atoms. The van der Waals surface area contributed by atoms with Crippen molar-refractivity contribution in [1.82, 2.24) is 0 Å². The summed E-state index contributed by atoms with van der Waals surface area (Å²) >= 11 is 0. The molecule has 3 nitrogen and oxygen atoms in total. The third-order valence-corrected chi connectivity index (χ3v) is 3.86. The number of allylic oxidation sites excluding steroid dienone is 2. The Morgan fingerprint density at radius 1 is 1.05 bits per heavy atom. The first-order chi connectivity index (χ1) is 10.1. The lowest BCUT2D eigenvalue weighted by atomic mass is 9.90. The SMILES string of the molecule is CC(C)COC1=CCc2c(c(O)c3ccccc3c2O)C1. The van der Waals surface area contributed by atoms with Crippen molar-refractivity contribution in [2.45, 2.75) is 26.7 Å². The summed E-state index contributed by atoms with van der Waals surface area (Å²) in [5.74, 6) is 1.88. The summed E-state index contributed by atoms with van der Waals surface area (Å²) in [6, 6.07) is 7.39. The molecular weight excluding hydrogens is 264 g/mol. The minimum atomic E-state index is 0.261. The number of fused-ring (bicyclic) bond motifs is 2. The number of benzene rings is 2. The van der Waals surface area contributed by atoms with Gasteiger partial charge in [-0.05, 0) is 18.4 Å². The van der Waals surface area contributed by atoms with Crippen LogP contribution in [0.15, 0.2) is 36.1 Å². The van der Waals surface area contributed by atoms with E-state index in [9.17, 15) is 10.2 Å². The largest absolute Gasteiger partial charge is 0.507 e. The maximum atomic E-state index is 10.5. The van der Waals surface area contributed by atoms with Crippen molar-refractivity contribution in [1.29, 1.82) is 0 Å². The predicted octanol–water partition coefficient (Wildman–Crippen LogP) is 3.91. The zero-order chi connectivity index (χ0) is 15.0. The van der Waals surface area contributed by atoms with Gasteiger partial charge in [-0.3, -0.25) is 0 Å². The Labute approximate surface area is 124 Å². The van der Waals surface area contributed by atoms with Crippen LogP contribution in [-0.2, 0) is 17.6 Å². The highest BCUT2D eigenvalue weighted by molar-refractivity contribution is 5.95. The molecule has 0 aliphatic heterocycles. The molecule has 0 heterocycles. The van der Waals surface area contributed by atoms with Gasteiger partial charge in [0.1, 0.15) is 11.5 Å². The van der Waals surface area contributed by atoms with Crippen molar-refractivity contribution in [2.24, 2.45) is 5.92 Å². The van der Waals surface area contributed by atoms with Crippen LogP contribution in [0.2, 0.25) is 0 Å². The van der Waals surface area contributed by atoms with Crippen LogP contribution < -0.4 is 0 Å². The van der Waals surface area contributed by atoms with Crippen LogP contribution >= 0.6 is 0 Å². The second kappa shape index (κ2) is 5.32. The lowest BCUT2D eigenvalue weighted by Gasteiger charge is -2.22. The van der Waals surface area contributed by atoms with E-state index in [1.807, 2.05) is 30.3 Å². The number of hydrogen-bond acceptors (Lipinski definition) is 3. The van der Waals surface area contributed by atoms with E-state index in [0.717, 1.165) is 16.9 Å². The molecule has 0 spiro atoms. The summed E-state index contributed by atoms with van der Waals surface area (Å²) in [5, 5.41) is 22.4. The van der Waals surface area contributed by atoms with E-state index in [1.54, 1.807) is 0 Å². The first-order valence-electron chi connectivity index (χ1n) is 7.34. The van der Waals surface area contributed by atoms with Gasteiger partial charge in [-0.15, -0.1) is 0 Å². The molecule has 0 amide bonds. The number of phenols is 2. The van der Waals surface area contributed by atoms with Crippen LogP contribution in [0.25, 0.3) is 10.8 Å². The first-order valence-corrected chi connectivity index (χ1v) is 7.34. The Hall–Kier alpha value is -2.16. The van der Waals surface area contributed by atoms with Gasteiger partial charge in [0.05, 0.1) is 12.4 Å². The summed E-state index contributed by atoms with van der Waals surface area (Å²) < 4.78 is 5.78. The van der Waals surface area contributed by atoms with Crippen LogP contribution in [0.5, 0.6) is 11.5 Å². The van der Waals surface area contributed by atoms with E-state index in [1.165, 1.54) is 0 Å². The normalized spacial score (nSPS) is 14.1. The molecule has 0 saturated heterocycles. The molecule has 1 aliphatic carbocycles. The summed E-state index contributed by atoms with van der Waals surface area (Å²) in [4.78, 5) is 0. The standard InChI is InChI=1S/C18H20O3/c1-11(2)10-21-12-7-8-15-16(9-12)18(20)14-6-4-3-5-13(14)17(15)19/h3-7,11,19-20H,8-10H2,1-2H3. The van der Waals surface area contributed by atoms with Gasteiger partial charge < -0.3 is 14.9 Å². The number of aromatic hydroxyl groups is 2. The molecule has 2 aromatic carbocycles. The van der Waals surface area contributed by atoms with Crippen LogP contribution in [0.4, 0.5) is 0 Å². The topological polar surface area (TPSA) is 49.7 Å². The van der Waals surface area contributed by atoms with E-state index in [0.29, 0.717) is 36.1 Å². The smallest absolute Gasteiger partial charge is 0.127 e. The molecule has 0 unspecified atom stereocenters. The maximum absolute atomic E-state index is 10.5. The molecule has 3 rings (SSSR count). The van der Waals surface area contributed by atoms with Crippen LogP contribution in [0.3, 0.4) is 0 Å². The van der Waals surface area contributed by atoms with Crippen molar-refractivity contribution in [3.05, 3.63) is 47.2 Å². The molecule has 0 radical (unpaired) electrons. The Kier molecular flexibility index (Phi) is 3.50. The number of rotatable bonds is 3. The lowest BCUT2D eigenvalue weighted by Crippen LogP contribution is -2.10. The molecule has 0 fully saturated rings. The summed E-state index contributed by atoms with van der Waals surface area (Å²) in [6.45, 7) is 4.88. The number of phenolic OH excluding ortho intramolecular Hbond substituents is 2. The quantitative estimate of drug-likeness (QED) is 0.840. The van der Waals surface area contributed by atoms with Gasteiger partial charge in [-0.25, -0.2) is 0 Å². The van der Waals surface area contributed by atoms with Gasteiger partial charge in [0.25, 0.3) is 0 Å². The molecule has 3 heteroatoms. The van der Waals surface area contributed by atoms with E-state index in [2.05, 4.69) is 13.8 Å². The second-order valence-corrected chi connectivity index (χ2v) is 5.96. The minimum Gasteiger partial charge on any atom is -0.507 e. The van der Waals surface area contributed by atoms with Gasteiger partial charge in [0.15, 0.2) is 0 Å². The van der Waals surface area contributed by atoms with E-state index < -0.39 is 0 Å². The molecule has 2 aromatic rings. The molecule has 1 aliphatic rings. The molecule has 2 N–H and O–H groups in total. The lowest BCUT2D eigenvalue weighted by molar-refractivity contribution is 0.172. The number of hydrogen-bond donors (Lipinski definition) is 2. The van der Waals surface area contributed by atoms with Crippen LogP contribution in [0.1, 0.15) is 25.0 Å². The van der Waals surface area contributed by atoms with Gasteiger partial charge >= 0.3 is 0 Å².